The number of hydrogen-bond acceptors (Lipinski definition) is 6. The number of aromatic amines is 1. The Morgan fingerprint density at radius 2 is 1.96 bits per heavy atom. The van der Waals surface area contributed by atoms with E-state index >= 15 is 0 Å². The van der Waals surface area contributed by atoms with Crippen LogP contribution in [0.4, 0.5) is 0 Å². The van der Waals surface area contributed by atoms with Crippen molar-refractivity contribution in [1.29, 1.82) is 0 Å². The number of amides is 1. The number of carbonyl (C=O) groups excluding carboxylic acids is 1. The molecule has 0 bridgehead atoms. The second-order valence-corrected chi connectivity index (χ2v) is 7.71. The maximum Gasteiger partial charge on any atom is 0.316 e. The molecule has 0 saturated heterocycles. The van der Waals surface area contributed by atoms with Crippen LogP contribution in [0.15, 0.2) is 45.3 Å². The van der Waals surface area contributed by atoms with Crippen molar-refractivity contribution >= 4 is 46.4 Å². The quantitative estimate of drug-likeness (QED) is 0.423. The number of nitrogens with two attached hydrogens (primary N) is 1. The van der Waals surface area contributed by atoms with E-state index in [0.29, 0.717) is 10.7 Å². The van der Waals surface area contributed by atoms with E-state index in [1.807, 2.05) is 0 Å². The minimum atomic E-state index is -1.02. The minimum absolute atomic E-state index is 0.0857. The van der Waals surface area contributed by atoms with Crippen LogP contribution in [0.1, 0.15) is 17.3 Å². The van der Waals surface area contributed by atoms with Crippen LogP contribution in [0.2, 0.25) is 0 Å². The summed E-state index contributed by atoms with van der Waals surface area (Å²) in [6.45, 7) is 1.51. The molecule has 10 heteroatoms. The van der Waals surface area contributed by atoms with Gasteiger partial charge in [0.1, 0.15) is 10.9 Å². The number of para-hydroxylation sites is 1. The van der Waals surface area contributed by atoms with Crippen molar-refractivity contribution in [2.24, 2.45) is 5.73 Å². The molecule has 0 fully saturated rings. The molecule has 0 radical (unpaired) electrons. The van der Waals surface area contributed by atoms with Crippen molar-refractivity contribution in [3.05, 3.63) is 46.2 Å². The summed E-state index contributed by atoms with van der Waals surface area (Å²) in [4.78, 5) is 43.9. The van der Waals surface area contributed by atoms with Gasteiger partial charge in [-0.1, -0.05) is 30.0 Å². The molecule has 1 unspecified atom stereocenters. The number of rotatable bonds is 6. The number of carboxylic acids is 1. The van der Waals surface area contributed by atoms with Crippen LogP contribution in [0.25, 0.3) is 16.7 Å². The Morgan fingerprint density at radius 3 is 2.52 bits per heavy atom. The van der Waals surface area contributed by atoms with Gasteiger partial charge in [0.2, 0.25) is 0 Å². The van der Waals surface area contributed by atoms with Crippen LogP contribution in [0, 0.1) is 0 Å². The molecule has 1 amide bonds. The van der Waals surface area contributed by atoms with Crippen LogP contribution < -0.4 is 11.3 Å². The van der Waals surface area contributed by atoms with E-state index in [9.17, 15) is 19.5 Å². The zero-order chi connectivity index (χ0) is 19.7. The first-order chi connectivity index (χ1) is 12.8. The Bertz CT molecular complexity index is 1090. The topological polar surface area (TPSA) is 131 Å². The summed E-state index contributed by atoms with van der Waals surface area (Å²) in [5.41, 5.74) is 5.79. The molecule has 2 aromatic heterocycles. The van der Waals surface area contributed by atoms with Crippen LogP contribution in [-0.2, 0) is 4.79 Å². The van der Waals surface area contributed by atoms with Gasteiger partial charge in [-0.15, -0.1) is 11.8 Å². The lowest BCUT2D eigenvalue weighted by Crippen LogP contribution is -2.25. The van der Waals surface area contributed by atoms with Crippen molar-refractivity contribution in [2.75, 3.05) is 6.26 Å². The largest absolute Gasteiger partial charge is 0.480 e. The highest BCUT2D eigenvalue weighted by Crippen LogP contribution is 2.29. The molecule has 1 atom stereocenters. The summed E-state index contributed by atoms with van der Waals surface area (Å²) in [6.07, 6.45) is 1.75. The van der Waals surface area contributed by atoms with Crippen molar-refractivity contribution in [3.63, 3.8) is 0 Å². The summed E-state index contributed by atoms with van der Waals surface area (Å²) < 4.78 is 1.30. The van der Waals surface area contributed by atoms with E-state index in [2.05, 4.69) is 9.97 Å². The number of fused-ring (bicyclic) bond motifs is 1. The normalized spacial score (nSPS) is 12.2. The van der Waals surface area contributed by atoms with Crippen molar-refractivity contribution < 1.29 is 14.7 Å². The van der Waals surface area contributed by atoms with Crippen LogP contribution in [-0.4, -0.2) is 43.0 Å². The Hall–Kier alpha value is -2.72. The average Bonchev–Trinajstić information content (AvgIpc) is 3.01. The molecule has 0 saturated carbocycles. The number of thioether (sulfide) groups is 2. The first kappa shape index (κ1) is 19.1. The van der Waals surface area contributed by atoms with E-state index in [0.717, 1.165) is 11.8 Å². The van der Waals surface area contributed by atoms with Crippen molar-refractivity contribution in [3.8, 4) is 5.69 Å². The lowest BCUT2D eigenvalue weighted by atomic mass is 10.2. The average molecular weight is 404 g/mol. The van der Waals surface area contributed by atoms with Gasteiger partial charge in [-0.2, -0.15) is 0 Å². The Balaban J connectivity index is 2.38. The molecule has 2 heterocycles. The number of H-pyrrole nitrogens is 1. The SMILES string of the molecule is CSc1[nH]c2nc(SC(C)C(=O)O)n(-c3ccccc3)c(=O)c2c1C(N)=O. The number of aromatic nitrogens is 3. The highest BCUT2D eigenvalue weighted by molar-refractivity contribution is 8.00. The standard InChI is InChI=1S/C17H16N4O4S2/c1-8(16(24)25)27-17-20-13-11(10(12(18)22)14(19-13)26-2)15(23)21(17)9-6-4-3-5-7-9/h3-8,19H,1-2H3,(H2,18,22)(H,24,25). The lowest BCUT2D eigenvalue weighted by Gasteiger charge is -2.13. The zero-order valence-corrected chi connectivity index (χ0v) is 16.1. The fourth-order valence-electron chi connectivity index (χ4n) is 2.58. The van der Waals surface area contributed by atoms with Gasteiger partial charge >= 0.3 is 5.97 Å². The van der Waals surface area contributed by atoms with Gasteiger partial charge in [-0.25, -0.2) is 4.98 Å². The van der Waals surface area contributed by atoms with E-state index in [-0.39, 0.29) is 21.8 Å². The number of hydrogen-bond donors (Lipinski definition) is 3. The van der Waals surface area contributed by atoms with Gasteiger partial charge < -0.3 is 15.8 Å². The number of nitrogens with one attached hydrogen (secondary N) is 1. The van der Waals surface area contributed by atoms with Gasteiger partial charge in [0, 0.05) is 0 Å². The Kier molecular flexibility index (Phi) is 5.29. The third-order valence-corrected chi connectivity index (χ3v) is 5.61. The number of carbonyl (C=O) groups is 2. The van der Waals surface area contributed by atoms with E-state index in [1.54, 1.807) is 36.6 Å². The summed E-state index contributed by atoms with van der Waals surface area (Å²) in [6, 6.07) is 8.71. The summed E-state index contributed by atoms with van der Waals surface area (Å²) in [7, 11) is 0. The van der Waals surface area contributed by atoms with Crippen LogP contribution in [0.5, 0.6) is 0 Å². The second kappa shape index (κ2) is 7.49. The first-order valence-corrected chi connectivity index (χ1v) is 9.93. The molecule has 3 aromatic rings. The summed E-state index contributed by atoms with van der Waals surface area (Å²) >= 11 is 2.18. The molecule has 0 spiro atoms. The monoisotopic (exact) mass is 404 g/mol. The first-order valence-electron chi connectivity index (χ1n) is 7.82. The molecule has 140 valence electrons. The number of benzene rings is 1. The van der Waals surface area contributed by atoms with Crippen LogP contribution >= 0.6 is 23.5 Å². The molecule has 3 rings (SSSR count). The third kappa shape index (κ3) is 3.45. The molecule has 4 N–H and O–H groups in total. The van der Waals surface area contributed by atoms with Crippen molar-refractivity contribution in [2.45, 2.75) is 22.4 Å². The molecule has 0 aliphatic rings. The predicted octanol–water partition coefficient (Wildman–Crippen LogP) is 2.10. The maximum atomic E-state index is 13.3. The molecule has 0 aliphatic carbocycles. The summed E-state index contributed by atoms with van der Waals surface area (Å²) in [5, 5.41) is 9.15. The zero-order valence-electron chi connectivity index (χ0n) is 14.4. The minimum Gasteiger partial charge on any atom is -0.480 e. The van der Waals surface area contributed by atoms with Crippen LogP contribution in [0.3, 0.4) is 0 Å². The fraction of sp³-hybridized carbons (Fsp3) is 0.176. The second-order valence-electron chi connectivity index (χ2n) is 5.59. The highest BCUT2D eigenvalue weighted by atomic mass is 32.2. The molecule has 1 aromatic carbocycles. The van der Waals surface area contributed by atoms with Crippen molar-refractivity contribution in [1.82, 2.24) is 14.5 Å². The molecule has 8 nitrogen and oxygen atoms in total. The van der Waals surface area contributed by atoms with E-state index < -0.39 is 22.7 Å². The summed E-state index contributed by atoms with van der Waals surface area (Å²) in [5.74, 6) is -1.76. The van der Waals surface area contributed by atoms with E-state index in [4.69, 9.17) is 5.73 Å². The number of primary amides is 1. The van der Waals surface area contributed by atoms with Gasteiger partial charge in [0.05, 0.1) is 21.7 Å². The number of carboxylic acid groups (broad SMARTS) is 1. The maximum absolute atomic E-state index is 13.3. The van der Waals surface area contributed by atoms with Gasteiger partial charge in [0.25, 0.3) is 11.5 Å². The number of aliphatic carboxylic acids is 1. The van der Waals surface area contributed by atoms with Gasteiger partial charge in [-0.05, 0) is 25.3 Å². The Labute approximate surface area is 162 Å². The fourth-order valence-corrected chi connectivity index (χ4v) is 4.04. The number of nitrogens with zero attached hydrogens (tertiary/aromatic N) is 2. The molecule has 0 aliphatic heterocycles. The molecular formula is C17H16N4O4S2. The highest BCUT2D eigenvalue weighted by Gasteiger charge is 2.25. The van der Waals surface area contributed by atoms with Gasteiger partial charge in [-0.3, -0.25) is 19.0 Å². The lowest BCUT2D eigenvalue weighted by molar-refractivity contribution is -0.136. The van der Waals surface area contributed by atoms with Gasteiger partial charge in [0.15, 0.2) is 5.16 Å². The Morgan fingerprint density at radius 1 is 1.30 bits per heavy atom. The smallest absolute Gasteiger partial charge is 0.316 e. The third-order valence-electron chi connectivity index (χ3n) is 3.86. The van der Waals surface area contributed by atoms with E-state index in [1.165, 1.54) is 23.3 Å². The molecular weight excluding hydrogens is 388 g/mol. The molecule has 27 heavy (non-hydrogen) atoms. The predicted molar refractivity (Wildman–Crippen MR) is 105 cm³/mol.